The van der Waals surface area contributed by atoms with Gasteiger partial charge in [-0.25, -0.2) is 9.07 Å². The van der Waals surface area contributed by atoms with E-state index in [-0.39, 0.29) is 41.8 Å². The van der Waals surface area contributed by atoms with Crippen LogP contribution in [-0.2, 0) is 4.74 Å². The highest BCUT2D eigenvalue weighted by atomic mass is 19.4. The Hall–Kier alpha value is -3.21. The maximum Gasteiger partial charge on any atom is 0.417 e. The summed E-state index contributed by atoms with van der Waals surface area (Å²) in [5.74, 6) is -0.706. The molecule has 0 radical (unpaired) electrons. The number of para-hydroxylation sites is 1. The van der Waals surface area contributed by atoms with Crippen molar-refractivity contribution in [2.24, 2.45) is 5.92 Å². The molecule has 3 atom stereocenters. The normalized spacial score (nSPS) is 23.0. The molecule has 0 spiro atoms. The molecule has 33 heavy (non-hydrogen) atoms. The summed E-state index contributed by atoms with van der Waals surface area (Å²) in [6.07, 6.45) is 2.69. The van der Waals surface area contributed by atoms with E-state index >= 15 is 0 Å². The second-order valence-corrected chi connectivity index (χ2v) is 8.01. The number of hydrogen-bond acceptors (Lipinski definition) is 5. The minimum Gasteiger partial charge on any atom is -0.393 e. The van der Waals surface area contributed by atoms with E-state index in [1.165, 1.54) is 42.3 Å². The molecule has 1 aliphatic carbocycles. The number of hydrogen-bond donors (Lipinski definition) is 1. The molecule has 1 saturated carbocycles. The first kappa shape index (κ1) is 23.0. The van der Waals surface area contributed by atoms with E-state index in [0.29, 0.717) is 6.54 Å². The van der Waals surface area contributed by atoms with Crippen LogP contribution in [0.1, 0.15) is 23.2 Å². The molecule has 1 aliphatic heterocycles. The number of carbonyl (C=O) groups is 1. The SMILES string of the molecule is CN/C=C(\C=C/COC1CC2CC1N(C(=O)c1cccc(F)c1-n1ccnn1)C2)C(F)(F)F. The number of halogens is 4. The van der Waals surface area contributed by atoms with Gasteiger partial charge >= 0.3 is 6.18 Å². The second-order valence-electron chi connectivity index (χ2n) is 8.01. The molecule has 3 unspecified atom stereocenters. The fourth-order valence-corrected chi connectivity index (χ4v) is 4.52. The summed E-state index contributed by atoms with van der Waals surface area (Å²) in [4.78, 5) is 15.0. The molecule has 2 bridgehead atoms. The third-order valence-electron chi connectivity index (χ3n) is 5.89. The Bertz CT molecular complexity index is 1050. The van der Waals surface area contributed by atoms with Crippen LogP contribution in [-0.4, -0.2) is 64.3 Å². The smallest absolute Gasteiger partial charge is 0.393 e. The van der Waals surface area contributed by atoms with Gasteiger partial charge in [-0.1, -0.05) is 23.4 Å². The van der Waals surface area contributed by atoms with Crippen molar-refractivity contribution in [3.63, 3.8) is 0 Å². The van der Waals surface area contributed by atoms with Crippen LogP contribution < -0.4 is 5.32 Å². The zero-order valence-corrected chi connectivity index (χ0v) is 17.8. The van der Waals surface area contributed by atoms with Gasteiger partial charge in [-0.05, 0) is 30.9 Å². The lowest BCUT2D eigenvalue weighted by atomic mass is 10.1. The summed E-state index contributed by atoms with van der Waals surface area (Å²) in [6.45, 7) is 0.507. The van der Waals surface area contributed by atoms with Gasteiger partial charge in [0, 0.05) is 19.8 Å². The van der Waals surface area contributed by atoms with Crippen molar-refractivity contribution in [3.05, 3.63) is 65.9 Å². The van der Waals surface area contributed by atoms with E-state index in [1.807, 2.05) is 0 Å². The summed E-state index contributed by atoms with van der Waals surface area (Å²) in [5.41, 5.74) is -0.622. The van der Waals surface area contributed by atoms with Gasteiger partial charge in [0.1, 0.15) is 11.5 Å². The zero-order valence-electron chi connectivity index (χ0n) is 17.8. The topological polar surface area (TPSA) is 72.3 Å². The molecular formula is C22H23F4N5O2. The van der Waals surface area contributed by atoms with Gasteiger partial charge < -0.3 is 15.0 Å². The van der Waals surface area contributed by atoms with Gasteiger partial charge in [-0.15, -0.1) is 5.10 Å². The van der Waals surface area contributed by atoms with Gasteiger partial charge in [-0.2, -0.15) is 13.2 Å². The van der Waals surface area contributed by atoms with Crippen LogP contribution in [0.5, 0.6) is 0 Å². The standard InChI is InChI=1S/C22H23F4N5O2/c1-27-12-15(22(24,25)26)4-3-9-33-19-11-14-10-18(19)30(13-14)21(32)16-5-2-6-17(23)20(16)31-8-7-28-29-31/h2-8,12,14,18-19,27H,9-11,13H2,1H3/b4-3-,15-12+. The largest absolute Gasteiger partial charge is 0.417 e. The van der Waals surface area contributed by atoms with Gasteiger partial charge in [0.05, 0.1) is 42.3 Å². The second kappa shape index (κ2) is 9.34. The highest BCUT2D eigenvalue weighted by Crippen LogP contribution is 2.40. The summed E-state index contributed by atoms with van der Waals surface area (Å²) in [6, 6.07) is 4.03. The van der Waals surface area contributed by atoms with Crippen LogP contribution in [0.3, 0.4) is 0 Å². The lowest BCUT2D eigenvalue weighted by molar-refractivity contribution is -0.0886. The summed E-state index contributed by atoms with van der Waals surface area (Å²) >= 11 is 0. The molecule has 1 amide bonds. The predicted octanol–water partition coefficient (Wildman–Crippen LogP) is 3.25. The fourth-order valence-electron chi connectivity index (χ4n) is 4.52. The highest BCUT2D eigenvalue weighted by Gasteiger charge is 2.48. The lowest BCUT2D eigenvalue weighted by Crippen LogP contribution is -2.46. The van der Waals surface area contributed by atoms with Crippen molar-refractivity contribution in [1.29, 1.82) is 0 Å². The number of benzene rings is 1. The molecule has 176 valence electrons. The average molecular weight is 465 g/mol. The maximum atomic E-state index is 14.6. The Kier molecular flexibility index (Phi) is 6.50. The molecule has 2 heterocycles. The van der Waals surface area contributed by atoms with Crippen LogP contribution in [0.2, 0.25) is 0 Å². The number of allylic oxidation sites excluding steroid dienone is 2. The molecule has 7 nitrogen and oxygen atoms in total. The number of piperidine rings is 1. The molecule has 11 heteroatoms. The number of rotatable bonds is 7. The average Bonchev–Trinajstić information content (AvgIpc) is 3.52. The number of fused-ring (bicyclic) bond motifs is 2. The van der Waals surface area contributed by atoms with Gasteiger partial charge in [0.25, 0.3) is 5.91 Å². The van der Waals surface area contributed by atoms with E-state index in [2.05, 4.69) is 15.6 Å². The number of ether oxygens (including phenoxy) is 1. The van der Waals surface area contributed by atoms with Crippen molar-refractivity contribution >= 4 is 5.91 Å². The zero-order chi connectivity index (χ0) is 23.6. The van der Waals surface area contributed by atoms with Crippen LogP contribution in [0, 0.1) is 11.7 Å². The highest BCUT2D eigenvalue weighted by molar-refractivity contribution is 5.98. The van der Waals surface area contributed by atoms with E-state index in [1.54, 1.807) is 11.0 Å². The number of aromatic nitrogens is 3. The van der Waals surface area contributed by atoms with Crippen LogP contribution in [0.4, 0.5) is 17.6 Å². The quantitative estimate of drug-likeness (QED) is 0.502. The molecule has 2 fully saturated rings. The van der Waals surface area contributed by atoms with Crippen molar-refractivity contribution in [2.45, 2.75) is 31.2 Å². The molecular weight excluding hydrogens is 442 g/mol. The Morgan fingerprint density at radius 2 is 2.15 bits per heavy atom. The number of nitrogens with zero attached hydrogens (tertiary/aromatic N) is 4. The number of likely N-dealkylation sites (tertiary alicyclic amines) is 1. The third kappa shape index (κ3) is 4.77. The monoisotopic (exact) mass is 465 g/mol. The van der Waals surface area contributed by atoms with Crippen molar-refractivity contribution in [3.8, 4) is 5.69 Å². The van der Waals surface area contributed by atoms with Gasteiger partial charge in [0.2, 0.25) is 0 Å². The first-order valence-corrected chi connectivity index (χ1v) is 10.5. The molecule has 1 aromatic heterocycles. The summed E-state index contributed by atoms with van der Waals surface area (Å²) in [7, 11) is 1.39. The minimum atomic E-state index is -4.47. The van der Waals surface area contributed by atoms with Crippen LogP contribution >= 0.6 is 0 Å². The van der Waals surface area contributed by atoms with Crippen LogP contribution in [0.25, 0.3) is 5.69 Å². The molecule has 1 aromatic carbocycles. The number of amides is 1. The minimum absolute atomic E-state index is 0.0166. The van der Waals surface area contributed by atoms with Crippen molar-refractivity contribution < 1.29 is 27.1 Å². The Labute approximate surface area is 187 Å². The van der Waals surface area contributed by atoms with E-state index < -0.39 is 17.6 Å². The van der Waals surface area contributed by atoms with E-state index in [0.717, 1.165) is 25.1 Å². The summed E-state index contributed by atoms with van der Waals surface area (Å²) in [5, 5.41) is 9.87. The Morgan fingerprint density at radius 3 is 2.82 bits per heavy atom. The molecule has 1 N–H and O–H groups in total. The van der Waals surface area contributed by atoms with E-state index in [4.69, 9.17) is 4.74 Å². The first-order valence-electron chi connectivity index (χ1n) is 10.5. The first-order chi connectivity index (χ1) is 15.8. The summed E-state index contributed by atoms with van der Waals surface area (Å²) < 4.78 is 60.4. The Morgan fingerprint density at radius 1 is 1.33 bits per heavy atom. The molecule has 1 saturated heterocycles. The molecule has 4 rings (SSSR count). The molecule has 2 aliphatic rings. The van der Waals surface area contributed by atoms with Crippen molar-refractivity contribution in [1.82, 2.24) is 25.2 Å². The fraction of sp³-hybridized carbons (Fsp3) is 0.409. The van der Waals surface area contributed by atoms with Crippen molar-refractivity contribution in [2.75, 3.05) is 20.2 Å². The van der Waals surface area contributed by atoms with E-state index in [9.17, 15) is 22.4 Å². The van der Waals surface area contributed by atoms with Crippen LogP contribution in [0.15, 0.2) is 54.5 Å². The lowest BCUT2D eigenvalue weighted by Gasteiger charge is -2.33. The molecule has 2 aromatic rings. The van der Waals surface area contributed by atoms with Gasteiger partial charge in [-0.3, -0.25) is 4.79 Å². The maximum absolute atomic E-state index is 14.6. The third-order valence-corrected chi connectivity index (χ3v) is 5.89. The predicted molar refractivity (Wildman–Crippen MR) is 111 cm³/mol. The Balaban J connectivity index is 1.45. The number of nitrogens with one attached hydrogen (secondary N) is 1. The number of alkyl halides is 3. The van der Waals surface area contributed by atoms with Gasteiger partial charge in [0.15, 0.2) is 0 Å². The number of carbonyl (C=O) groups excluding carboxylic acids is 1.